The van der Waals surface area contributed by atoms with Gasteiger partial charge in [0.25, 0.3) is 6.43 Å². The molecule has 1 aromatic rings. The van der Waals surface area contributed by atoms with E-state index in [1.54, 1.807) is 12.1 Å². The molecule has 0 heterocycles. The number of hydrogen-bond donors (Lipinski definition) is 2. The molecule has 13 heavy (non-hydrogen) atoms. The molecular formula is C9H12F2N2. The van der Waals surface area contributed by atoms with Crippen LogP contribution in [0.3, 0.4) is 0 Å². The lowest BCUT2D eigenvalue weighted by atomic mass is 10.1. The number of hydrazine groups is 1. The van der Waals surface area contributed by atoms with Crippen molar-refractivity contribution in [3.8, 4) is 0 Å². The van der Waals surface area contributed by atoms with Gasteiger partial charge in [0.2, 0.25) is 0 Å². The molecule has 1 atom stereocenters. The highest BCUT2D eigenvalue weighted by molar-refractivity contribution is 5.15. The van der Waals surface area contributed by atoms with Gasteiger partial charge in [-0.15, -0.1) is 0 Å². The number of nitrogens with two attached hydrogens (primary N) is 1. The van der Waals surface area contributed by atoms with Crippen LogP contribution in [0.15, 0.2) is 30.3 Å². The van der Waals surface area contributed by atoms with Crippen LogP contribution >= 0.6 is 0 Å². The predicted octanol–water partition coefficient (Wildman–Crippen LogP) is 1.33. The fourth-order valence-corrected chi connectivity index (χ4v) is 1.09. The Bertz CT molecular complexity index is 239. The third-order valence-electron chi connectivity index (χ3n) is 1.82. The standard InChI is InChI=1S/C9H12F2N2/c10-9(11)8(13-12)6-7-4-2-1-3-5-7/h1-5,8-9,13H,6,12H2. The molecule has 0 aliphatic rings. The minimum atomic E-state index is -2.44. The number of halogens is 2. The van der Waals surface area contributed by atoms with E-state index in [-0.39, 0.29) is 6.42 Å². The highest BCUT2D eigenvalue weighted by Crippen LogP contribution is 2.08. The van der Waals surface area contributed by atoms with Crippen molar-refractivity contribution in [1.82, 2.24) is 5.43 Å². The molecule has 72 valence electrons. The molecule has 0 spiro atoms. The van der Waals surface area contributed by atoms with E-state index in [1.165, 1.54) is 0 Å². The number of nitrogens with one attached hydrogen (secondary N) is 1. The molecule has 0 aromatic heterocycles. The maximum absolute atomic E-state index is 12.2. The zero-order chi connectivity index (χ0) is 9.68. The predicted molar refractivity (Wildman–Crippen MR) is 47.3 cm³/mol. The molecule has 0 saturated heterocycles. The van der Waals surface area contributed by atoms with E-state index < -0.39 is 12.5 Å². The van der Waals surface area contributed by atoms with Gasteiger partial charge in [-0.3, -0.25) is 11.3 Å². The average Bonchev–Trinajstić information content (AvgIpc) is 2.15. The first kappa shape index (κ1) is 10.1. The van der Waals surface area contributed by atoms with Crippen molar-refractivity contribution in [1.29, 1.82) is 0 Å². The van der Waals surface area contributed by atoms with Crippen LogP contribution in [0.2, 0.25) is 0 Å². The van der Waals surface area contributed by atoms with Gasteiger partial charge in [0, 0.05) is 0 Å². The van der Waals surface area contributed by atoms with Crippen LogP contribution in [0.5, 0.6) is 0 Å². The topological polar surface area (TPSA) is 38.0 Å². The summed E-state index contributed by atoms with van der Waals surface area (Å²) in [5.74, 6) is 4.99. The Morgan fingerprint density at radius 3 is 2.31 bits per heavy atom. The number of rotatable bonds is 4. The summed E-state index contributed by atoms with van der Waals surface area (Å²) in [7, 11) is 0. The summed E-state index contributed by atoms with van der Waals surface area (Å²) in [6.07, 6.45) is -2.19. The first-order chi connectivity index (χ1) is 6.24. The number of alkyl halides is 2. The molecule has 3 N–H and O–H groups in total. The zero-order valence-electron chi connectivity index (χ0n) is 7.08. The summed E-state index contributed by atoms with van der Waals surface area (Å²) < 4.78 is 24.5. The van der Waals surface area contributed by atoms with Crippen molar-refractivity contribution in [3.63, 3.8) is 0 Å². The molecule has 0 bridgehead atoms. The van der Waals surface area contributed by atoms with E-state index in [9.17, 15) is 8.78 Å². The Labute approximate surface area is 75.7 Å². The molecule has 1 unspecified atom stereocenters. The Morgan fingerprint density at radius 1 is 1.23 bits per heavy atom. The largest absolute Gasteiger partial charge is 0.271 e. The summed E-state index contributed by atoms with van der Waals surface area (Å²) in [6, 6.07) is 8.10. The summed E-state index contributed by atoms with van der Waals surface area (Å²) in [5.41, 5.74) is 2.95. The first-order valence-corrected chi connectivity index (χ1v) is 4.02. The van der Waals surface area contributed by atoms with Gasteiger partial charge in [-0.25, -0.2) is 8.78 Å². The molecule has 4 heteroatoms. The van der Waals surface area contributed by atoms with Crippen LogP contribution in [-0.4, -0.2) is 12.5 Å². The van der Waals surface area contributed by atoms with Crippen LogP contribution in [0.4, 0.5) is 8.78 Å². The molecule has 0 aliphatic heterocycles. The number of hydrogen-bond acceptors (Lipinski definition) is 2. The van der Waals surface area contributed by atoms with Crippen LogP contribution in [0.1, 0.15) is 5.56 Å². The minimum Gasteiger partial charge on any atom is -0.271 e. The molecule has 0 amide bonds. The van der Waals surface area contributed by atoms with Crippen LogP contribution in [0, 0.1) is 0 Å². The summed E-state index contributed by atoms with van der Waals surface area (Å²) in [5, 5.41) is 0. The van der Waals surface area contributed by atoms with Crippen LogP contribution in [0.25, 0.3) is 0 Å². The number of benzene rings is 1. The maximum atomic E-state index is 12.2. The third kappa shape index (κ3) is 3.08. The summed E-state index contributed by atoms with van der Waals surface area (Å²) in [4.78, 5) is 0. The lowest BCUT2D eigenvalue weighted by molar-refractivity contribution is 0.0984. The zero-order valence-corrected chi connectivity index (χ0v) is 7.08. The van der Waals surface area contributed by atoms with Gasteiger partial charge in [-0.2, -0.15) is 0 Å². The van der Waals surface area contributed by atoms with Gasteiger partial charge in [-0.05, 0) is 12.0 Å². The van der Waals surface area contributed by atoms with Gasteiger partial charge < -0.3 is 0 Å². The molecule has 1 aromatic carbocycles. The molecule has 0 fully saturated rings. The van der Waals surface area contributed by atoms with Gasteiger partial charge >= 0.3 is 0 Å². The fourth-order valence-electron chi connectivity index (χ4n) is 1.09. The fraction of sp³-hybridized carbons (Fsp3) is 0.333. The average molecular weight is 186 g/mol. The Balaban J connectivity index is 2.57. The second-order valence-corrected chi connectivity index (χ2v) is 2.80. The molecule has 0 saturated carbocycles. The van der Waals surface area contributed by atoms with E-state index in [0.29, 0.717) is 0 Å². The quantitative estimate of drug-likeness (QED) is 0.550. The molecule has 1 rings (SSSR count). The van der Waals surface area contributed by atoms with Gasteiger partial charge in [0.05, 0.1) is 6.04 Å². The maximum Gasteiger partial charge on any atom is 0.255 e. The molecular weight excluding hydrogens is 174 g/mol. The van der Waals surface area contributed by atoms with Crippen molar-refractivity contribution in [2.45, 2.75) is 18.9 Å². The molecule has 2 nitrogen and oxygen atoms in total. The van der Waals surface area contributed by atoms with Crippen molar-refractivity contribution in [3.05, 3.63) is 35.9 Å². The first-order valence-electron chi connectivity index (χ1n) is 4.02. The lowest BCUT2D eigenvalue weighted by Crippen LogP contribution is -2.42. The van der Waals surface area contributed by atoms with Crippen molar-refractivity contribution < 1.29 is 8.78 Å². The highest BCUT2D eigenvalue weighted by atomic mass is 19.3. The van der Waals surface area contributed by atoms with Gasteiger partial charge in [0.1, 0.15) is 0 Å². The van der Waals surface area contributed by atoms with E-state index in [1.807, 2.05) is 18.2 Å². The van der Waals surface area contributed by atoms with Crippen LogP contribution in [-0.2, 0) is 6.42 Å². The smallest absolute Gasteiger partial charge is 0.255 e. The monoisotopic (exact) mass is 186 g/mol. The summed E-state index contributed by atoms with van der Waals surface area (Å²) >= 11 is 0. The Morgan fingerprint density at radius 2 is 1.85 bits per heavy atom. The SMILES string of the molecule is NNC(Cc1ccccc1)C(F)F. The second kappa shape index (κ2) is 4.89. The van der Waals surface area contributed by atoms with Crippen molar-refractivity contribution in [2.75, 3.05) is 0 Å². The molecule has 0 radical (unpaired) electrons. The Hall–Kier alpha value is -1.00. The van der Waals surface area contributed by atoms with Gasteiger partial charge in [0.15, 0.2) is 0 Å². The van der Waals surface area contributed by atoms with E-state index >= 15 is 0 Å². The van der Waals surface area contributed by atoms with Gasteiger partial charge in [-0.1, -0.05) is 30.3 Å². The van der Waals surface area contributed by atoms with E-state index in [4.69, 9.17) is 5.84 Å². The third-order valence-corrected chi connectivity index (χ3v) is 1.82. The van der Waals surface area contributed by atoms with E-state index in [0.717, 1.165) is 5.56 Å². The Kier molecular flexibility index (Phi) is 3.79. The van der Waals surface area contributed by atoms with Crippen molar-refractivity contribution in [2.24, 2.45) is 5.84 Å². The normalized spacial score (nSPS) is 13.2. The highest BCUT2D eigenvalue weighted by Gasteiger charge is 2.18. The summed E-state index contributed by atoms with van der Waals surface area (Å²) in [6.45, 7) is 0. The van der Waals surface area contributed by atoms with Crippen molar-refractivity contribution >= 4 is 0 Å². The lowest BCUT2D eigenvalue weighted by Gasteiger charge is -2.14. The van der Waals surface area contributed by atoms with Crippen LogP contribution < -0.4 is 11.3 Å². The second-order valence-electron chi connectivity index (χ2n) is 2.80. The van der Waals surface area contributed by atoms with E-state index in [2.05, 4.69) is 5.43 Å². The minimum absolute atomic E-state index is 0.245. The molecule has 0 aliphatic carbocycles.